The maximum absolute atomic E-state index is 10.9. The third kappa shape index (κ3) is 3.64. The van der Waals surface area contributed by atoms with Crippen LogP contribution in [0.3, 0.4) is 0 Å². The van der Waals surface area contributed by atoms with Gasteiger partial charge in [-0.1, -0.05) is 30.3 Å². The first-order chi connectivity index (χ1) is 7.09. The van der Waals surface area contributed by atoms with E-state index in [0.29, 0.717) is 5.56 Å². The van der Waals surface area contributed by atoms with Crippen LogP contribution in [0.15, 0.2) is 36.4 Å². The number of hydrogen-bond donors (Lipinski definition) is 2. The van der Waals surface area contributed by atoms with E-state index < -0.39 is 5.97 Å². The molecule has 0 spiro atoms. The number of hydrogen-bond acceptors (Lipinski definition) is 2. The van der Waals surface area contributed by atoms with E-state index in [4.69, 9.17) is 5.11 Å². The van der Waals surface area contributed by atoms with Crippen molar-refractivity contribution in [3.8, 4) is 0 Å². The molecule has 78 valence electrons. The number of amides is 1. The molecule has 0 heterocycles. The number of aliphatic carboxylic acids is 1. The summed E-state index contributed by atoms with van der Waals surface area (Å²) in [6.45, 7) is 1.33. The summed E-state index contributed by atoms with van der Waals surface area (Å²) >= 11 is 0. The highest BCUT2D eigenvalue weighted by Crippen LogP contribution is 2.10. The van der Waals surface area contributed by atoms with Crippen LogP contribution in [-0.2, 0) is 9.59 Å². The lowest BCUT2D eigenvalue weighted by molar-refractivity contribution is -0.131. The van der Waals surface area contributed by atoms with E-state index in [1.165, 1.54) is 6.92 Å². The number of nitrogens with one attached hydrogen (secondary N) is 1. The second-order valence-electron chi connectivity index (χ2n) is 2.94. The maximum Gasteiger partial charge on any atom is 0.330 e. The molecule has 0 aromatic heterocycles. The third-order valence-corrected chi connectivity index (χ3v) is 1.66. The summed E-state index contributed by atoms with van der Waals surface area (Å²) in [6, 6.07) is 8.81. The van der Waals surface area contributed by atoms with Gasteiger partial charge in [0.25, 0.3) is 0 Å². The van der Waals surface area contributed by atoms with Crippen LogP contribution in [0.2, 0.25) is 0 Å². The number of carboxylic acids is 1. The fraction of sp³-hybridized carbons (Fsp3) is 0.0909. The van der Waals surface area contributed by atoms with Crippen LogP contribution >= 0.6 is 0 Å². The average molecular weight is 205 g/mol. The molecule has 1 rings (SSSR count). The SMILES string of the molecule is CC(=O)N/C(=C\C(=O)O)c1ccccc1. The minimum absolute atomic E-state index is 0.288. The summed E-state index contributed by atoms with van der Waals surface area (Å²) in [7, 11) is 0. The maximum atomic E-state index is 10.9. The monoisotopic (exact) mass is 205 g/mol. The van der Waals surface area contributed by atoms with Crippen LogP contribution in [-0.4, -0.2) is 17.0 Å². The number of rotatable bonds is 3. The standard InChI is InChI=1S/C11H11NO3/c1-8(13)12-10(7-11(14)15)9-5-3-2-4-6-9/h2-7H,1H3,(H,12,13)(H,14,15)/b10-7-. The molecule has 1 aromatic rings. The highest BCUT2D eigenvalue weighted by Gasteiger charge is 2.04. The van der Waals surface area contributed by atoms with E-state index in [1.54, 1.807) is 24.3 Å². The Morgan fingerprint density at radius 1 is 1.27 bits per heavy atom. The fourth-order valence-electron chi connectivity index (χ4n) is 1.12. The van der Waals surface area contributed by atoms with Crippen LogP contribution in [0.5, 0.6) is 0 Å². The first-order valence-corrected chi connectivity index (χ1v) is 4.37. The lowest BCUT2D eigenvalue weighted by Crippen LogP contribution is -2.19. The zero-order valence-electron chi connectivity index (χ0n) is 8.23. The van der Waals surface area contributed by atoms with Crippen LogP contribution in [0.4, 0.5) is 0 Å². The van der Waals surface area contributed by atoms with Gasteiger partial charge in [-0.25, -0.2) is 4.79 Å². The highest BCUT2D eigenvalue weighted by molar-refractivity contribution is 5.94. The summed E-state index contributed by atoms with van der Waals surface area (Å²) in [6.07, 6.45) is 0.969. The number of carbonyl (C=O) groups is 2. The number of carboxylic acid groups (broad SMARTS) is 1. The van der Waals surface area contributed by atoms with Crippen molar-refractivity contribution in [2.45, 2.75) is 6.92 Å². The normalized spacial score (nSPS) is 10.9. The molecule has 0 saturated heterocycles. The lowest BCUT2D eigenvalue weighted by atomic mass is 10.1. The van der Waals surface area contributed by atoms with Gasteiger partial charge in [0.1, 0.15) is 0 Å². The van der Waals surface area contributed by atoms with Gasteiger partial charge in [-0.15, -0.1) is 0 Å². The molecule has 1 amide bonds. The number of benzene rings is 1. The zero-order chi connectivity index (χ0) is 11.3. The van der Waals surface area contributed by atoms with Gasteiger partial charge in [0, 0.05) is 13.0 Å². The average Bonchev–Trinajstić information content (AvgIpc) is 2.17. The second kappa shape index (κ2) is 4.95. The Bertz CT molecular complexity index is 396. The van der Waals surface area contributed by atoms with Gasteiger partial charge in [-0.3, -0.25) is 4.79 Å². The van der Waals surface area contributed by atoms with E-state index in [2.05, 4.69) is 5.32 Å². The van der Waals surface area contributed by atoms with E-state index >= 15 is 0 Å². The van der Waals surface area contributed by atoms with Crippen molar-refractivity contribution in [2.75, 3.05) is 0 Å². The third-order valence-electron chi connectivity index (χ3n) is 1.66. The zero-order valence-corrected chi connectivity index (χ0v) is 8.23. The van der Waals surface area contributed by atoms with E-state index in [0.717, 1.165) is 6.08 Å². The van der Waals surface area contributed by atoms with Gasteiger partial charge in [0.05, 0.1) is 5.70 Å². The molecule has 4 heteroatoms. The summed E-state index contributed by atoms with van der Waals surface area (Å²) < 4.78 is 0. The Hall–Kier alpha value is -2.10. The molecule has 0 radical (unpaired) electrons. The molecular weight excluding hydrogens is 194 g/mol. The van der Waals surface area contributed by atoms with E-state index in [1.807, 2.05) is 6.07 Å². The molecule has 0 atom stereocenters. The molecule has 15 heavy (non-hydrogen) atoms. The van der Waals surface area contributed by atoms with Crippen LogP contribution in [0.1, 0.15) is 12.5 Å². The van der Waals surface area contributed by atoms with Crippen molar-refractivity contribution in [1.82, 2.24) is 5.32 Å². The van der Waals surface area contributed by atoms with E-state index in [-0.39, 0.29) is 11.6 Å². The summed E-state index contributed by atoms with van der Waals surface area (Å²) in [5.41, 5.74) is 0.950. The van der Waals surface area contributed by atoms with Crippen molar-refractivity contribution < 1.29 is 14.7 Å². The van der Waals surface area contributed by atoms with Crippen molar-refractivity contribution >= 4 is 17.6 Å². The van der Waals surface area contributed by atoms with E-state index in [9.17, 15) is 9.59 Å². The van der Waals surface area contributed by atoms with Crippen molar-refractivity contribution in [1.29, 1.82) is 0 Å². The first-order valence-electron chi connectivity index (χ1n) is 4.37. The van der Waals surface area contributed by atoms with Crippen molar-refractivity contribution in [3.05, 3.63) is 42.0 Å². The molecule has 0 unspecified atom stereocenters. The van der Waals surface area contributed by atoms with Crippen LogP contribution in [0.25, 0.3) is 5.70 Å². The Labute approximate surface area is 87.2 Å². The minimum Gasteiger partial charge on any atom is -0.478 e. The lowest BCUT2D eigenvalue weighted by Gasteiger charge is -2.06. The molecule has 2 N–H and O–H groups in total. The summed E-state index contributed by atoms with van der Waals surface area (Å²) in [5.74, 6) is -1.39. The van der Waals surface area contributed by atoms with Crippen LogP contribution < -0.4 is 5.32 Å². The first kappa shape index (κ1) is 11.0. The van der Waals surface area contributed by atoms with Crippen molar-refractivity contribution in [3.63, 3.8) is 0 Å². The van der Waals surface area contributed by atoms with Gasteiger partial charge in [0.2, 0.25) is 5.91 Å². The topological polar surface area (TPSA) is 66.4 Å². The van der Waals surface area contributed by atoms with Gasteiger partial charge in [-0.05, 0) is 5.56 Å². The summed E-state index contributed by atoms with van der Waals surface area (Å²) in [5, 5.41) is 11.1. The Balaban J connectivity index is 3.02. The molecule has 4 nitrogen and oxygen atoms in total. The van der Waals surface area contributed by atoms with Gasteiger partial charge >= 0.3 is 5.97 Å². The molecule has 0 aliphatic rings. The second-order valence-corrected chi connectivity index (χ2v) is 2.94. The highest BCUT2D eigenvalue weighted by atomic mass is 16.4. The van der Waals surface area contributed by atoms with Gasteiger partial charge < -0.3 is 10.4 Å². The molecular formula is C11H11NO3. The quantitative estimate of drug-likeness (QED) is 0.730. The molecule has 0 saturated carbocycles. The van der Waals surface area contributed by atoms with Gasteiger partial charge in [0.15, 0.2) is 0 Å². The van der Waals surface area contributed by atoms with Crippen molar-refractivity contribution in [2.24, 2.45) is 0 Å². The molecule has 0 fully saturated rings. The van der Waals surface area contributed by atoms with Crippen LogP contribution in [0, 0.1) is 0 Å². The smallest absolute Gasteiger partial charge is 0.330 e. The fourth-order valence-corrected chi connectivity index (χ4v) is 1.12. The Kier molecular flexibility index (Phi) is 3.62. The largest absolute Gasteiger partial charge is 0.478 e. The minimum atomic E-state index is -1.09. The molecule has 0 bridgehead atoms. The Morgan fingerprint density at radius 2 is 1.87 bits per heavy atom. The predicted octanol–water partition coefficient (Wildman–Crippen LogP) is 1.25. The summed E-state index contributed by atoms with van der Waals surface area (Å²) in [4.78, 5) is 21.4. The molecule has 0 aliphatic carbocycles. The molecule has 1 aromatic carbocycles. The van der Waals surface area contributed by atoms with Gasteiger partial charge in [-0.2, -0.15) is 0 Å². The molecule has 0 aliphatic heterocycles. The predicted molar refractivity (Wildman–Crippen MR) is 55.9 cm³/mol. The Morgan fingerprint density at radius 3 is 2.33 bits per heavy atom. The number of carbonyl (C=O) groups excluding carboxylic acids is 1.